The molecule has 1 atom stereocenters. The van der Waals surface area contributed by atoms with Crippen LogP contribution in [0.25, 0.3) is 0 Å². The average Bonchev–Trinajstić information content (AvgIpc) is 2.12. The highest BCUT2D eigenvalue weighted by Crippen LogP contribution is 2.26. The lowest BCUT2D eigenvalue weighted by Gasteiger charge is -2.33. The predicted molar refractivity (Wildman–Crippen MR) is 60.0 cm³/mol. The van der Waals surface area contributed by atoms with Crippen molar-refractivity contribution in [3.63, 3.8) is 0 Å². The molecule has 0 bridgehead atoms. The van der Waals surface area contributed by atoms with Crippen LogP contribution in [0, 0.1) is 11.3 Å². The minimum Gasteiger partial charge on any atom is -0.498 e. The maximum absolute atomic E-state index is 9.94. The van der Waals surface area contributed by atoms with E-state index in [-0.39, 0.29) is 17.4 Å². The molecule has 2 heteroatoms. The Morgan fingerprint density at radius 2 is 1.93 bits per heavy atom. The van der Waals surface area contributed by atoms with Gasteiger partial charge in [0.05, 0.1) is 18.5 Å². The summed E-state index contributed by atoms with van der Waals surface area (Å²) in [7, 11) is 0. The molecule has 0 aromatic rings. The van der Waals surface area contributed by atoms with Crippen LogP contribution in [0.5, 0.6) is 0 Å². The molecule has 2 nitrogen and oxygen atoms in total. The number of ether oxygens (including phenoxy) is 1. The van der Waals surface area contributed by atoms with Crippen LogP contribution in [-0.2, 0) is 4.74 Å². The third-order valence-electron chi connectivity index (χ3n) is 2.51. The highest BCUT2D eigenvalue weighted by Gasteiger charge is 2.30. The maximum Gasteiger partial charge on any atom is 0.0952 e. The van der Waals surface area contributed by atoms with Crippen molar-refractivity contribution in [3.8, 4) is 0 Å². The summed E-state index contributed by atoms with van der Waals surface area (Å²) < 4.78 is 5.53. The Morgan fingerprint density at radius 3 is 2.29 bits per heavy atom. The molecular weight excluding hydrogens is 176 g/mol. The Balaban J connectivity index is 4.20. The molecule has 1 unspecified atom stereocenters. The van der Waals surface area contributed by atoms with Gasteiger partial charge in [-0.2, -0.15) is 0 Å². The van der Waals surface area contributed by atoms with Gasteiger partial charge in [-0.05, 0) is 19.8 Å². The van der Waals surface area contributed by atoms with Crippen LogP contribution in [0.4, 0.5) is 0 Å². The van der Waals surface area contributed by atoms with Gasteiger partial charge in [0, 0.05) is 5.41 Å². The Labute approximate surface area is 88.0 Å². The van der Waals surface area contributed by atoms with Gasteiger partial charge in [0.2, 0.25) is 0 Å². The van der Waals surface area contributed by atoms with E-state index in [9.17, 15) is 5.11 Å². The molecule has 0 heterocycles. The van der Waals surface area contributed by atoms with E-state index in [1.165, 1.54) is 0 Å². The van der Waals surface area contributed by atoms with E-state index < -0.39 is 0 Å². The number of aliphatic hydroxyl groups excluding tert-OH is 1. The molecule has 0 spiro atoms. The number of allylic oxidation sites excluding steroid dienone is 2. The van der Waals surface area contributed by atoms with Crippen molar-refractivity contribution in [2.75, 3.05) is 6.61 Å². The monoisotopic (exact) mass is 200 g/mol. The number of hydrogen-bond acceptors (Lipinski definition) is 2. The van der Waals surface area contributed by atoms with Gasteiger partial charge in [-0.3, -0.25) is 0 Å². The van der Waals surface area contributed by atoms with Gasteiger partial charge in [-0.1, -0.05) is 33.8 Å². The predicted octanol–water partition coefficient (Wildman–Crippen LogP) is 2.97. The van der Waals surface area contributed by atoms with Crippen LogP contribution in [0.1, 0.15) is 41.5 Å². The zero-order valence-electron chi connectivity index (χ0n) is 10.3. The quantitative estimate of drug-likeness (QED) is 0.691. The molecule has 0 rings (SSSR count). The van der Waals surface area contributed by atoms with E-state index in [0.29, 0.717) is 6.61 Å². The zero-order chi connectivity index (χ0) is 11.4. The van der Waals surface area contributed by atoms with Gasteiger partial charge >= 0.3 is 0 Å². The molecule has 0 saturated carbocycles. The molecule has 1 N–H and O–H groups in total. The van der Waals surface area contributed by atoms with E-state index in [0.717, 1.165) is 5.76 Å². The molecule has 0 aromatic carbocycles. The molecule has 14 heavy (non-hydrogen) atoms. The molecular formula is C12H24O2. The molecule has 0 aliphatic carbocycles. The molecule has 0 radical (unpaired) electrons. The summed E-state index contributed by atoms with van der Waals surface area (Å²) in [6, 6.07) is 0. The van der Waals surface area contributed by atoms with Crippen LogP contribution in [0.2, 0.25) is 0 Å². The summed E-state index contributed by atoms with van der Waals surface area (Å²) in [5.74, 6) is 1.17. The first-order valence-electron chi connectivity index (χ1n) is 5.25. The Morgan fingerprint density at radius 1 is 1.43 bits per heavy atom. The standard InChI is InChI=1S/C12H24O2/c1-7-10(4)14-8-12(5,6)11(13)9(2)3/h7,9,11,13H,8H2,1-6H3. The largest absolute Gasteiger partial charge is 0.498 e. The van der Waals surface area contributed by atoms with Crippen molar-refractivity contribution in [2.24, 2.45) is 11.3 Å². The van der Waals surface area contributed by atoms with E-state index in [1.807, 2.05) is 47.6 Å². The van der Waals surface area contributed by atoms with Crippen LogP contribution in [-0.4, -0.2) is 17.8 Å². The number of hydrogen-bond donors (Lipinski definition) is 1. The number of rotatable bonds is 5. The van der Waals surface area contributed by atoms with Crippen LogP contribution < -0.4 is 0 Å². The van der Waals surface area contributed by atoms with E-state index in [4.69, 9.17) is 4.74 Å². The van der Waals surface area contributed by atoms with Gasteiger partial charge in [0.15, 0.2) is 0 Å². The first-order chi connectivity index (χ1) is 6.31. The topological polar surface area (TPSA) is 29.5 Å². The fraction of sp³-hybridized carbons (Fsp3) is 0.833. The summed E-state index contributed by atoms with van der Waals surface area (Å²) in [5, 5.41) is 9.94. The minimum absolute atomic E-state index is 0.196. The Hall–Kier alpha value is -0.500. The average molecular weight is 200 g/mol. The van der Waals surface area contributed by atoms with Crippen molar-refractivity contribution in [1.29, 1.82) is 0 Å². The van der Waals surface area contributed by atoms with Crippen molar-refractivity contribution in [1.82, 2.24) is 0 Å². The van der Waals surface area contributed by atoms with Gasteiger partial charge < -0.3 is 9.84 Å². The van der Waals surface area contributed by atoms with Gasteiger partial charge in [-0.25, -0.2) is 0 Å². The van der Waals surface area contributed by atoms with Crippen molar-refractivity contribution >= 4 is 0 Å². The lowest BCUT2D eigenvalue weighted by atomic mass is 9.81. The third kappa shape index (κ3) is 4.14. The Bertz CT molecular complexity index is 192. The highest BCUT2D eigenvalue weighted by atomic mass is 16.5. The first-order valence-corrected chi connectivity index (χ1v) is 5.25. The minimum atomic E-state index is -0.327. The highest BCUT2D eigenvalue weighted by molar-refractivity contribution is 4.87. The summed E-state index contributed by atoms with van der Waals surface area (Å²) in [6.07, 6.45) is 1.60. The van der Waals surface area contributed by atoms with Gasteiger partial charge in [-0.15, -0.1) is 0 Å². The fourth-order valence-electron chi connectivity index (χ4n) is 1.37. The van der Waals surface area contributed by atoms with Crippen molar-refractivity contribution < 1.29 is 9.84 Å². The smallest absolute Gasteiger partial charge is 0.0952 e. The third-order valence-corrected chi connectivity index (χ3v) is 2.51. The van der Waals surface area contributed by atoms with Crippen LogP contribution in [0.3, 0.4) is 0 Å². The molecule has 0 aliphatic heterocycles. The first kappa shape index (κ1) is 13.5. The van der Waals surface area contributed by atoms with E-state index in [1.54, 1.807) is 0 Å². The van der Waals surface area contributed by atoms with Crippen LogP contribution >= 0.6 is 0 Å². The number of aliphatic hydroxyl groups is 1. The molecule has 0 saturated heterocycles. The summed E-state index contributed by atoms with van der Waals surface area (Å²) in [6.45, 7) is 12.5. The molecule has 0 aromatic heterocycles. The van der Waals surface area contributed by atoms with Crippen LogP contribution in [0.15, 0.2) is 11.8 Å². The second kappa shape index (κ2) is 5.40. The maximum atomic E-state index is 9.94. The molecule has 0 aliphatic rings. The van der Waals surface area contributed by atoms with Gasteiger partial charge in [0.25, 0.3) is 0 Å². The normalized spacial score (nSPS) is 15.9. The lowest BCUT2D eigenvalue weighted by Crippen LogP contribution is -2.37. The van der Waals surface area contributed by atoms with E-state index in [2.05, 4.69) is 0 Å². The van der Waals surface area contributed by atoms with Gasteiger partial charge in [0.1, 0.15) is 0 Å². The van der Waals surface area contributed by atoms with E-state index >= 15 is 0 Å². The molecule has 84 valence electrons. The molecule has 0 amide bonds. The fourth-order valence-corrected chi connectivity index (χ4v) is 1.37. The summed E-state index contributed by atoms with van der Waals surface area (Å²) in [4.78, 5) is 0. The second-order valence-corrected chi connectivity index (χ2v) is 4.87. The SMILES string of the molecule is CC=C(C)OCC(C)(C)C(O)C(C)C. The lowest BCUT2D eigenvalue weighted by molar-refractivity contribution is -0.0290. The Kier molecular flexibility index (Phi) is 5.21. The summed E-state index contributed by atoms with van der Waals surface area (Å²) >= 11 is 0. The van der Waals surface area contributed by atoms with Crippen molar-refractivity contribution in [3.05, 3.63) is 11.8 Å². The van der Waals surface area contributed by atoms with Crippen molar-refractivity contribution in [2.45, 2.75) is 47.6 Å². The zero-order valence-corrected chi connectivity index (χ0v) is 10.3. The second-order valence-electron chi connectivity index (χ2n) is 4.87. The summed E-state index contributed by atoms with van der Waals surface area (Å²) in [5.41, 5.74) is -0.196. The molecule has 0 fully saturated rings.